The molecule has 2 N–H and O–H groups in total. The molecule has 1 heterocycles. The zero-order chi connectivity index (χ0) is 19.4. The number of nitrogens with one attached hydrogen (secondary N) is 2. The highest BCUT2D eigenvalue weighted by Crippen LogP contribution is 2.61. The fraction of sp³-hybridized carbons (Fsp3) is 0.917. The molecule has 29 heavy (non-hydrogen) atoms. The fourth-order valence-corrected chi connectivity index (χ4v) is 10.4. The van der Waals surface area contributed by atoms with Crippen molar-refractivity contribution in [1.82, 2.24) is 10.6 Å². The van der Waals surface area contributed by atoms with Crippen LogP contribution in [0.5, 0.6) is 0 Å². The molecule has 4 nitrogen and oxygen atoms in total. The summed E-state index contributed by atoms with van der Waals surface area (Å²) in [4.78, 5) is 26.5. The predicted molar refractivity (Wildman–Crippen MR) is 113 cm³/mol. The monoisotopic (exact) mass is 414 g/mol. The molecule has 0 radical (unpaired) electrons. The van der Waals surface area contributed by atoms with Crippen LogP contribution in [-0.2, 0) is 9.59 Å². The van der Waals surface area contributed by atoms with E-state index in [9.17, 15) is 9.59 Å². The van der Waals surface area contributed by atoms with Crippen molar-refractivity contribution in [3.8, 4) is 0 Å². The van der Waals surface area contributed by atoms with E-state index in [1.165, 1.54) is 38.5 Å². The first kappa shape index (κ1) is 17.9. The second kappa shape index (κ2) is 5.95. The molecular formula is C24H34N2O2S. The highest BCUT2D eigenvalue weighted by molar-refractivity contribution is 8.07. The number of rotatable bonds is 4. The molecule has 0 aromatic heterocycles. The van der Waals surface area contributed by atoms with Crippen molar-refractivity contribution in [2.45, 2.75) is 87.8 Å². The molecule has 2 amide bonds. The van der Waals surface area contributed by atoms with Gasteiger partial charge in [-0.25, -0.2) is 0 Å². The van der Waals surface area contributed by atoms with E-state index >= 15 is 0 Å². The molecule has 158 valence electrons. The lowest BCUT2D eigenvalue weighted by molar-refractivity contribution is -0.147. The van der Waals surface area contributed by atoms with Crippen LogP contribution < -0.4 is 10.6 Å². The Morgan fingerprint density at radius 1 is 0.552 bits per heavy atom. The summed E-state index contributed by atoms with van der Waals surface area (Å²) in [6.45, 7) is 0. The minimum absolute atomic E-state index is 0.0770. The minimum Gasteiger partial charge on any atom is -0.341 e. The third-order valence-corrected chi connectivity index (χ3v) is 11.1. The molecule has 9 fully saturated rings. The van der Waals surface area contributed by atoms with Crippen LogP contribution in [-0.4, -0.2) is 22.6 Å². The number of carbonyl (C=O) groups excluding carboxylic acids is 2. The first-order valence-corrected chi connectivity index (χ1v) is 13.2. The summed E-state index contributed by atoms with van der Waals surface area (Å²) in [5.74, 6) is 5.39. The topological polar surface area (TPSA) is 58.2 Å². The summed E-state index contributed by atoms with van der Waals surface area (Å²) in [7, 11) is 0. The summed E-state index contributed by atoms with van der Waals surface area (Å²) < 4.78 is 0. The van der Waals surface area contributed by atoms with Gasteiger partial charge in [0.1, 0.15) is 10.7 Å². The molecule has 8 bridgehead atoms. The molecule has 2 atom stereocenters. The molecule has 9 rings (SSSR count). The van der Waals surface area contributed by atoms with E-state index in [0.29, 0.717) is 11.8 Å². The molecule has 0 aromatic rings. The second-order valence-electron chi connectivity index (χ2n) is 12.3. The van der Waals surface area contributed by atoms with Crippen LogP contribution in [0, 0.1) is 46.3 Å². The first-order chi connectivity index (χ1) is 14.0. The Morgan fingerprint density at radius 2 is 0.828 bits per heavy atom. The maximum atomic E-state index is 13.3. The average Bonchev–Trinajstić information content (AvgIpc) is 3.36. The van der Waals surface area contributed by atoms with E-state index in [0.717, 1.165) is 74.0 Å². The summed E-state index contributed by atoms with van der Waals surface area (Å²) >= 11 is 1.74. The Kier molecular flexibility index (Phi) is 3.68. The Hall–Kier alpha value is -0.710. The lowest BCUT2D eigenvalue weighted by atomic mass is 9.49. The van der Waals surface area contributed by atoms with Crippen molar-refractivity contribution in [2.75, 3.05) is 0 Å². The van der Waals surface area contributed by atoms with Crippen molar-refractivity contribution in [3.63, 3.8) is 0 Å². The van der Waals surface area contributed by atoms with Crippen molar-refractivity contribution >= 4 is 23.6 Å². The maximum Gasteiger partial charge on any atom is 0.227 e. The predicted octanol–water partition coefficient (Wildman–Crippen LogP) is 4.05. The second-order valence-corrected chi connectivity index (χ2v) is 13.6. The minimum atomic E-state index is -0.0770. The zero-order valence-corrected chi connectivity index (χ0v) is 18.1. The van der Waals surface area contributed by atoms with E-state index in [1.807, 2.05) is 0 Å². The van der Waals surface area contributed by atoms with E-state index in [1.54, 1.807) is 11.8 Å². The lowest BCUT2D eigenvalue weighted by Gasteiger charge is -2.55. The SMILES string of the molecule is O=C(NC1SC1NC(=O)C12CC3CC(CC(C3)C1)C2)C12CC3CC(CC(C3)C1)C2. The van der Waals surface area contributed by atoms with Gasteiger partial charge in [-0.1, -0.05) is 0 Å². The van der Waals surface area contributed by atoms with E-state index in [-0.39, 0.29) is 21.6 Å². The van der Waals surface area contributed by atoms with Crippen LogP contribution in [0.1, 0.15) is 77.0 Å². The Morgan fingerprint density at radius 3 is 1.10 bits per heavy atom. The van der Waals surface area contributed by atoms with Crippen LogP contribution >= 0.6 is 11.8 Å². The van der Waals surface area contributed by atoms with E-state index < -0.39 is 0 Å². The molecule has 8 saturated carbocycles. The average molecular weight is 415 g/mol. The zero-order valence-electron chi connectivity index (χ0n) is 17.3. The summed E-state index contributed by atoms with van der Waals surface area (Å²) in [5.41, 5.74) is -0.154. The number of carbonyl (C=O) groups is 2. The third-order valence-electron chi connectivity index (χ3n) is 10.1. The molecule has 0 spiro atoms. The largest absolute Gasteiger partial charge is 0.341 e. The quantitative estimate of drug-likeness (QED) is 0.682. The van der Waals surface area contributed by atoms with Crippen LogP contribution in [0.3, 0.4) is 0 Å². The fourth-order valence-electron chi connectivity index (χ4n) is 9.67. The van der Waals surface area contributed by atoms with Crippen molar-refractivity contribution in [1.29, 1.82) is 0 Å². The van der Waals surface area contributed by atoms with Gasteiger partial charge in [-0.2, -0.15) is 0 Å². The molecule has 2 unspecified atom stereocenters. The van der Waals surface area contributed by atoms with Gasteiger partial charge in [0.15, 0.2) is 0 Å². The van der Waals surface area contributed by atoms with Crippen LogP contribution in [0.15, 0.2) is 0 Å². The number of thioether (sulfide) groups is 1. The van der Waals surface area contributed by atoms with Gasteiger partial charge in [0.05, 0.1) is 0 Å². The van der Waals surface area contributed by atoms with Gasteiger partial charge in [-0.3, -0.25) is 9.59 Å². The summed E-state index contributed by atoms with van der Waals surface area (Å²) in [6.07, 6.45) is 14.9. The van der Waals surface area contributed by atoms with Crippen LogP contribution in [0.2, 0.25) is 0 Å². The molecule has 8 aliphatic carbocycles. The van der Waals surface area contributed by atoms with Gasteiger partial charge in [0.2, 0.25) is 11.8 Å². The van der Waals surface area contributed by atoms with Gasteiger partial charge in [0.25, 0.3) is 0 Å². The number of hydrogen-bond donors (Lipinski definition) is 2. The van der Waals surface area contributed by atoms with Crippen molar-refractivity contribution in [3.05, 3.63) is 0 Å². The summed E-state index contributed by atoms with van der Waals surface area (Å²) in [5, 5.41) is 6.91. The highest BCUT2D eigenvalue weighted by atomic mass is 32.2. The molecule has 5 heteroatoms. The van der Waals surface area contributed by atoms with Crippen molar-refractivity contribution < 1.29 is 9.59 Å². The third kappa shape index (κ3) is 2.78. The van der Waals surface area contributed by atoms with Crippen LogP contribution in [0.25, 0.3) is 0 Å². The standard InChI is InChI=1S/C24H34N2O2S/c27-21(23-7-13-1-14(8-23)3-15(2-13)9-23)25-19-20(29-19)26-22(28)24-10-16-4-17(11-24)6-18(5-16)12-24/h13-20H,1-12H2,(H,25,27)(H,26,28). The van der Waals surface area contributed by atoms with E-state index in [4.69, 9.17) is 0 Å². The molecule has 0 aromatic carbocycles. The normalized spacial score (nSPS) is 55.7. The van der Waals surface area contributed by atoms with E-state index in [2.05, 4.69) is 10.6 Å². The smallest absolute Gasteiger partial charge is 0.227 e. The van der Waals surface area contributed by atoms with Gasteiger partial charge in [0, 0.05) is 10.8 Å². The number of hydrogen-bond acceptors (Lipinski definition) is 3. The first-order valence-electron chi connectivity index (χ1n) is 12.3. The van der Waals surface area contributed by atoms with Gasteiger partial charge < -0.3 is 10.6 Å². The molecule has 9 aliphatic rings. The molecule has 1 saturated heterocycles. The molecule has 1 aliphatic heterocycles. The Labute approximate surface area is 178 Å². The maximum absolute atomic E-state index is 13.3. The highest BCUT2D eigenvalue weighted by Gasteiger charge is 2.58. The van der Waals surface area contributed by atoms with Crippen molar-refractivity contribution in [2.24, 2.45) is 46.3 Å². The lowest BCUT2D eigenvalue weighted by Crippen LogP contribution is -2.55. The van der Waals surface area contributed by atoms with Gasteiger partial charge in [-0.15, -0.1) is 11.8 Å². The van der Waals surface area contributed by atoms with Gasteiger partial charge in [-0.05, 0) is 113 Å². The Bertz CT molecular complexity index is 631. The Balaban J connectivity index is 0.985. The summed E-state index contributed by atoms with van der Waals surface area (Å²) in [6, 6.07) is 0. The molecular weight excluding hydrogens is 380 g/mol. The van der Waals surface area contributed by atoms with Gasteiger partial charge >= 0.3 is 0 Å². The van der Waals surface area contributed by atoms with Crippen LogP contribution in [0.4, 0.5) is 0 Å². The number of amides is 2.